The Balaban J connectivity index is 2.33. The molecule has 14 heavy (non-hydrogen) atoms. The molecule has 1 aromatic heterocycles. The van der Waals surface area contributed by atoms with Gasteiger partial charge in [-0.15, -0.1) is 0 Å². The first-order valence-corrected chi connectivity index (χ1v) is 5.21. The van der Waals surface area contributed by atoms with Gasteiger partial charge in [0.05, 0.1) is 17.4 Å². The minimum Gasteiger partial charge on any atom is -0.330 e. The van der Waals surface area contributed by atoms with Gasteiger partial charge < -0.3 is 4.57 Å². The summed E-state index contributed by atoms with van der Waals surface area (Å²) in [6.45, 7) is 5.57. The molecule has 2 aromatic rings. The SMILES string of the molecule is CC[C@H](C)Cn1cnc2ccccc21. The molecule has 0 aliphatic heterocycles. The van der Waals surface area contributed by atoms with Gasteiger partial charge in [0.2, 0.25) is 0 Å². The molecule has 0 spiro atoms. The molecule has 0 saturated carbocycles. The fraction of sp³-hybridized carbons (Fsp3) is 0.417. The number of imidazole rings is 1. The maximum atomic E-state index is 4.37. The van der Waals surface area contributed by atoms with E-state index in [1.165, 1.54) is 11.9 Å². The van der Waals surface area contributed by atoms with Crippen LogP contribution in [-0.2, 0) is 6.54 Å². The quantitative estimate of drug-likeness (QED) is 0.723. The summed E-state index contributed by atoms with van der Waals surface area (Å²) in [7, 11) is 0. The first-order valence-electron chi connectivity index (χ1n) is 5.21. The molecule has 0 amide bonds. The van der Waals surface area contributed by atoms with Gasteiger partial charge in [0, 0.05) is 6.54 Å². The average Bonchev–Trinajstić information content (AvgIpc) is 2.62. The lowest BCUT2D eigenvalue weighted by molar-refractivity contribution is 0.476. The number of para-hydroxylation sites is 2. The molecule has 0 saturated heterocycles. The Hall–Kier alpha value is -1.31. The van der Waals surface area contributed by atoms with E-state index in [2.05, 4.69) is 41.6 Å². The number of nitrogens with zero attached hydrogens (tertiary/aromatic N) is 2. The second-order valence-corrected chi connectivity index (χ2v) is 3.90. The fourth-order valence-electron chi connectivity index (χ4n) is 1.62. The number of rotatable bonds is 3. The van der Waals surface area contributed by atoms with Gasteiger partial charge in [-0.1, -0.05) is 32.4 Å². The summed E-state index contributed by atoms with van der Waals surface area (Å²) in [5.41, 5.74) is 2.34. The van der Waals surface area contributed by atoms with Crippen LogP contribution in [0.25, 0.3) is 11.0 Å². The van der Waals surface area contributed by atoms with Crippen LogP contribution in [-0.4, -0.2) is 9.55 Å². The van der Waals surface area contributed by atoms with Crippen LogP contribution in [0.5, 0.6) is 0 Å². The van der Waals surface area contributed by atoms with Crippen molar-refractivity contribution in [2.24, 2.45) is 5.92 Å². The monoisotopic (exact) mass is 188 g/mol. The Morgan fingerprint density at radius 2 is 2.14 bits per heavy atom. The van der Waals surface area contributed by atoms with Crippen LogP contribution < -0.4 is 0 Å². The Labute approximate surface area is 84.6 Å². The van der Waals surface area contributed by atoms with Crippen molar-refractivity contribution in [1.82, 2.24) is 9.55 Å². The molecule has 0 aliphatic rings. The van der Waals surface area contributed by atoms with Crippen LogP contribution in [0.15, 0.2) is 30.6 Å². The number of hydrogen-bond donors (Lipinski definition) is 0. The van der Waals surface area contributed by atoms with Crippen molar-refractivity contribution in [2.45, 2.75) is 26.8 Å². The van der Waals surface area contributed by atoms with Crippen molar-refractivity contribution in [3.63, 3.8) is 0 Å². The van der Waals surface area contributed by atoms with Gasteiger partial charge in [0.25, 0.3) is 0 Å². The van der Waals surface area contributed by atoms with Crippen LogP contribution in [0, 0.1) is 5.92 Å². The van der Waals surface area contributed by atoms with Gasteiger partial charge in [-0.3, -0.25) is 0 Å². The molecule has 1 atom stereocenters. The molecule has 0 aliphatic carbocycles. The predicted octanol–water partition coefficient (Wildman–Crippen LogP) is 3.08. The highest BCUT2D eigenvalue weighted by atomic mass is 15.0. The molecule has 74 valence electrons. The summed E-state index contributed by atoms with van der Waals surface area (Å²) in [5.74, 6) is 0.715. The van der Waals surface area contributed by atoms with Crippen molar-refractivity contribution in [3.05, 3.63) is 30.6 Å². The number of aromatic nitrogens is 2. The van der Waals surface area contributed by atoms with Gasteiger partial charge in [-0.25, -0.2) is 4.98 Å². The van der Waals surface area contributed by atoms with Gasteiger partial charge in [-0.2, -0.15) is 0 Å². The zero-order chi connectivity index (χ0) is 9.97. The third-order valence-corrected chi connectivity index (χ3v) is 2.73. The first-order chi connectivity index (χ1) is 6.81. The Bertz CT molecular complexity index is 417. The molecule has 0 N–H and O–H groups in total. The molecular weight excluding hydrogens is 172 g/mol. The van der Waals surface area contributed by atoms with Crippen LogP contribution in [0.2, 0.25) is 0 Å². The third-order valence-electron chi connectivity index (χ3n) is 2.73. The Morgan fingerprint density at radius 3 is 2.93 bits per heavy atom. The fourth-order valence-corrected chi connectivity index (χ4v) is 1.62. The van der Waals surface area contributed by atoms with Crippen molar-refractivity contribution < 1.29 is 0 Å². The smallest absolute Gasteiger partial charge is 0.0958 e. The number of fused-ring (bicyclic) bond motifs is 1. The minimum absolute atomic E-state index is 0.715. The van der Waals surface area contributed by atoms with E-state index in [0.29, 0.717) is 5.92 Å². The molecule has 2 rings (SSSR count). The van der Waals surface area contributed by atoms with Crippen molar-refractivity contribution in [2.75, 3.05) is 0 Å². The normalized spacial score (nSPS) is 13.3. The zero-order valence-corrected chi connectivity index (χ0v) is 8.77. The first kappa shape index (κ1) is 9.25. The Morgan fingerprint density at radius 1 is 1.36 bits per heavy atom. The lowest BCUT2D eigenvalue weighted by Crippen LogP contribution is -2.05. The second kappa shape index (κ2) is 3.82. The van der Waals surface area contributed by atoms with E-state index in [4.69, 9.17) is 0 Å². The summed E-state index contributed by atoms with van der Waals surface area (Å²) in [6, 6.07) is 8.28. The highest BCUT2D eigenvalue weighted by molar-refractivity contribution is 5.74. The minimum atomic E-state index is 0.715. The summed E-state index contributed by atoms with van der Waals surface area (Å²) >= 11 is 0. The zero-order valence-electron chi connectivity index (χ0n) is 8.77. The van der Waals surface area contributed by atoms with Gasteiger partial charge in [0.15, 0.2) is 0 Å². The molecule has 0 bridgehead atoms. The molecule has 0 radical (unpaired) electrons. The summed E-state index contributed by atoms with van der Waals surface area (Å²) in [6.07, 6.45) is 3.16. The highest BCUT2D eigenvalue weighted by Crippen LogP contribution is 2.14. The van der Waals surface area contributed by atoms with Gasteiger partial charge in [0.1, 0.15) is 0 Å². The van der Waals surface area contributed by atoms with E-state index in [1.807, 2.05) is 12.4 Å². The van der Waals surface area contributed by atoms with E-state index >= 15 is 0 Å². The maximum absolute atomic E-state index is 4.37. The molecule has 1 heterocycles. The topological polar surface area (TPSA) is 17.8 Å². The lowest BCUT2D eigenvalue weighted by atomic mass is 10.1. The molecule has 0 fully saturated rings. The van der Waals surface area contributed by atoms with E-state index < -0.39 is 0 Å². The van der Waals surface area contributed by atoms with Crippen LogP contribution >= 0.6 is 0 Å². The average molecular weight is 188 g/mol. The van der Waals surface area contributed by atoms with E-state index in [1.54, 1.807) is 0 Å². The Kier molecular flexibility index (Phi) is 2.53. The lowest BCUT2D eigenvalue weighted by Gasteiger charge is -2.09. The van der Waals surface area contributed by atoms with Crippen LogP contribution in [0.4, 0.5) is 0 Å². The van der Waals surface area contributed by atoms with E-state index in [-0.39, 0.29) is 0 Å². The standard InChI is InChI=1S/C12H16N2/c1-3-10(2)8-14-9-13-11-6-4-5-7-12(11)14/h4-7,9-10H,3,8H2,1-2H3/t10-/m0/s1. The van der Waals surface area contributed by atoms with Crippen LogP contribution in [0.3, 0.4) is 0 Å². The van der Waals surface area contributed by atoms with Gasteiger partial charge >= 0.3 is 0 Å². The van der Waals surface area contributed by atoms with Crippen molar-refractivity contribution in [3.8, 4) is 0 Å². The molecule has 2 heteroatoms. The number of hydrogen-bond acceptors (Lipinski definition) is 1. The number of benzene rings is 1. The summed E-state index contributed by atoms with van der Waals surface area (Å²) in [4.78, 5) is 4.37. The maximum Gasteiger partial charge on any atom is 0.0958 e. The van der Waals surface area contributed by atoms with Gasteiger partial charge in [-0.05, 0) is 18.1 Å². The largest absolute Gasteiger partial charge is 0.330 e. The molecular formula is C12H16N2. The van der Waals surface area contributed by atoms with E-state index in [0.717, 1.165) is 12.1 Å². The summed E-state index contributed by atoms with van der Waals surface area (Å²) in [5, 5.41) is 0. The third kappa shape index (κ3) is 1.65. The predicted molar refractivity (Wildman–Crippen MR) is 59.2 cm³/mol. The molecule has 2 nitrogen and oxygen atoms in total. The van der Waals surface area contributed by atoms with Crippen molar-refractivity contribution in [1.29, 1.82) is 0 Å². The molecule has 1 aromatic carbocycles. The van der Waals surface area contributed by atoms with Crippen LogP contribution in [0.1, 0.15) is 20.3 Å². The molecule has 0 unspecified atom stereocenters. The van der Waals surface area contributed by atoms with E-state index in [9.17, 15) is 0 Å². The highest BCUT2D eigenvalue weighted by Gasteiger charge is 2.04. The second-order valence-electron chi connectivity index (χ2n) is 3.90. The summed E-state index contributed by atoms with van der Waals surface area (Å²) < 4.78 is 2.24. The van der Waals surface area contributed by atoms with Crippen molar-refractivity contribution >= 4 is 11.0 Å².